The number of hydrogen-bond donors (Lipinski definition) is 2. The fourth-order valence-corrected chi connectivity index (χ4v) is 4.58. The molecule has 8 nitrogen and oxygen atoms in total. The minimum atomic E-state index is -0.859. The molecule has 2 fully saturated rings. The quantitative estimate of drug-likeness (QED) is 0.698. The molecule has 1 saturated carbocycles. The monoisotopic (exact) mass is 423 g/mol. The van der Waals surface area contributed by atoms with Crippen molar-refractivity contribution in [2.24, 2.45) is 5.92 Å². The van der Waals surface area contributed by atoms with Crippen LogP contribution in [0.15, 0.2) is 36.5 Å². The van der Waals surface area contributed by atoms with Crippen LogP contribution in [-0.4, -0.2) is 44.6 Å². The van der Waals surface area contributed by atoms with Gasteiger partial charge in [0.05, 0.1) is 12.7 Å². The lowest BCUT2D eigenvalue weighted by atomic mass is 9.73. The van der Waals surface area contributed by atoms with Gasteiger partial charge in [0.25, 0.3) is 5.91 Å². The van der Waals surface area contributed by atoms with Gasteiger partial charge in [0.1, 0.15) is 17.9 Å². The number of hydrogen-bond acceptors (Lipinski definition) is 4. The minimum absolute atomic E-state index is 0.0614. The number of carbonyl (C=O) groups is 3. The number of rotatable bonds is 6. The third-order valence-electron chi connectivity index (χ3n) is 6.55. The number of amides is 4. The van der Waals surface area contributed by atoms with E-state index in [9.17, 15) is 14.4 Å². The summed E-state index contributed by atoms with van der Waals surface area (Å²) in [5.41, 5.74) is 1.47. The second-order valence-electron chi connectivity index (χ2n) is 8.53. The van der Waals surface area contributed by atoms with Crippen LogP contribution in [0.2, 0.25) is 0 Å². The molecular formula is C23H29N5O3. The van der Waals surface area contributed by atoms with Gasteiger partial charge in [0.15, 0.2) is 0 Å². The van der Waals surface area contributed by atoms with Gasteiger partial charge in [-0.05, 0) is 36.3 Å². The summed E-state index contributed by atoms with van der Waals surface area (Å²) in [7, 11) is 0. The molecule has 4 rings (SSSR count). The first-order chi connectivity index (χ1) is 14.9. The van der Waals surface area contributed by atoms with Crippen molar-refractivity contribution in [3.8, 4) is 0 Å². The lowest BCUT2D eigenvalue weighted by molar-refractivity contribution is -0.136. The molecule has 2 aromatic rings. The maximum atomic E-state index is 13.0. The highest BCUT2D eigenvalue weighted by molar-refractivity contribution is 6.10. The zero-order valence-electron chi connectivity index (χ0n) is 18.1. The number of anilines is 1. The van der Waals surface area contributed by atoms with Crippen molar-refractivity contribution in [3.63, 3.8) is 0 Å². The molecule has 1 saturated heterocycles. The van der Waals surface area contributed by atoms with Crippen LogP contribution < -0.4 is 10.6 Å². The van der Waals surface area contributed by atoms with Crippen molar-refractivity contribution >= 4 is 23.7 Å². The summed E-state index contributed by atoms with van der Waals surface area (Å²) in [4.78, 5) is 39.3. The molecule has 8 heteroatoms. The van der Waals surface area contributed by atoms with E-state index in [1.807, 2.05) is 19.1 Å². The number of nitrogens with zero attached hydrogens (tertiary/aromatic N) is 3. The van der Waals surface area contributed by atoms with Crippen LogP contribution >= 0.6 is 0 Å². The van der Waals surface area contributed by atoms with E-state index in [2.05, 4.69) is 34.8 Å². The summed E-state index contributed by atoms with van der Waals surface area (Å²) in [6.07, 6.45) is 6.06. The van der Waals surface area contributed by atoms with Crippen LogP contribution in [0, 0.1) is 5.92 Å². The molecule has 1 aromatic carbocycles. The fraction of sp³-hybridized carbons (Fsp3) is 0.478. The highest BCUT2D eigenvalue weighted by Crippen LogP contribution is 2.38. The maximum absolute atomic E-state index is 13.0. The minimum Gasteiger partial charge on any atom is -0.323 e. The number of nitrogens with one attached hydrogen (secondary N) is 2. The number of aromatic nitrogens is 2. The summed E-state index contributed by atoms with van der Waals surface area (Å²) >= 11 is 0. The van der Waals surface area contributed by atoms with Crippen molar-refractivity contribution in [3.05, 3.63) is 47.7 Å². The first-order valence-corrected chi connectivity index (χ1v) is 11.0. The Morgan fingerprint density at radius 1 is 1.19 bits per heavy atom. The number of imide groups is 1. The maximum Gasteiger partial charge on any atom is 0.325 e. The van der Waals surface area contributed by atoms with E-state index in [0.29, 0.717) is 18.8 Å². The van der Waals surface area contributed by atoms with E-state index >= 15 is 0 Å². The van der Waals surface area contributed by atoms with E-state index in [1.54, 1.807) is 16.9 Å². The molecule has 2 atom stereocenters. The Bertz CT molecular complexity index is 983. The number of benzene rings is 1. The van der Waals surface area contributed by atoms with Crippen molar-refractivity contribution in [1.29, 1.82) is 0 Å². The lowest BCUT2D eigenvalue weighted by Gasteiger charge is -2.36. The topological polar surface area (TPSA) is 96.3 Å². The molecule has 164 valence electrons. The van der Waals surface area contributed by atoms with E-state index in [4.69, 9.17) is 0 Å². The first-order valence-electron chi connectivity index (χ1n) is 11.0. The van der Waals surface area contributed by atoms with Gasteiger partial charge in [-0.15, -0.1) is 0 Å². The van der Waals surface area contributed by atoms with Crippen LogP contribution in [0.4, 0.5) is 10.6 Å². The molecule has 0 bridgehead atoms. The molecule has 31 heavy (non-hydrogen) atoms. The van der Waals surface area contributed by atoms with Gasteiger partial charge in [-0.2, -0.15) is 5.10 Å². The molecule has 2 unspecified atom stereocenters. The zero-order valence-corrected chi connectivity index (χ0v) is 18.1. The Balaban J connectivity index is 1.41. The Morgan fingerprint density at radius 2 is 1.94 bits per heavy atom. The molecule has 2 heterocycles. The molecule has 1 spiro atoms. The van der Waals surface area contributed by atoms with Gasteiger partial charge >= 0.3 is 6.03 Å². The van der Waals surface area contributed by atoms with Crippen LogP contribution in [0.25, 0.3) is 0 Å². The summed E-state index contributed by atoms with van der Waals surface area (Å²) in [5, 5.41) is 9.96. The van der Waals surface area contributed by atoms with Gasteiger partial charge in [-0.3, -0.25) is 14.5 Å². The number of urea groups is 1. The smallest absolute Gasteiger partial charge is 0.323 e. The molecule has 2 aliphatic rings. The van der Waals surface area contributed by atoms with Crippen molar-refractivity contribution in [2.45, 2.75) is 58.0 Å². The van der Waals surface area contributed by atoms with Crippen molar-refractivity contribution < 1.29 is 14.4 Å². The van der Waals surface area contributed by atoms with Gasteiger partial charge in [-0.25, -0.2) is 9.48 Å². The van der Waals surface area contributed by atoms with Crippen LogP contribution in [-0.2, 0) is 22.6 Å². The molecule has 1 aromatic heterocycles. The van der Waals surface area contributed by atoms with Gasteiger partial charge in [-0.1, -0.05) is 51.0 Å². The molecular weight excluding hydrogens is 394 g/mol. The highest BCUT2D eigenvalue weighted by Gasteiger charge is 2.55. The number of aryl methyl sites for hydroxylation is 1. The van der Waals surface area contributed by atoms with E-state index in [0.717, 1.165) is 36.1 Å². The molecule has 1 aliphatic heterocycles. The molecule has 4 amide bonds. The van der Waals surface area contributed by atoms with Crippen LogP contribution in [0.1, 0.15) is 50.7 Å². The Labute approximate surface area is 182 Å². The first kappa shape index (κ1) is 21.1. The highest BCUT2D eigenvalue weighted by atomic mass is 16.2. The van der Waals surface area contributed by atoms with Gasteiger partial charge in [0.2, 0.25) is 5.91 Å². The van der Waals surface area contributed by atoms with E-state index < -0.39 is 17.5 Å². The third kappa shape index (κ3) is 4.06. The lowest BCUT2D eigenvalue weighted by Crippen LogP contribution is -2.54. The van der Waals surface area contributed by atoms with Crippen LogP contribution in [0.5, 0.6) is 0 Å². The van der Waals surface area contributed by atoms with E-state index in [-0.39, 0.29) is 18.4 Å². The largest absolute Gasteiger partial charge is 0.325 e. The molecule has 0 radical (unpaired) electrons. The van der Waals surface area contributed by atoms with Gasteiger partial charge in [0, 0.05) is 6.07 Å². The summed E-state index contributed by atoms with van der Waals surface area (Å²) in [6, 6.07) is 9.47. The van der Waals surface area contributed by atoms with Gasteiger partial charge < -0.3 is 10.6 Å². The predicted molar refractivity (Wildman–Crippen MR) is 116 cm³/mol. The Morgan fingerprint density at radius 3 is 2.65 bits per heavy atom. The SMILES string of the molecule is CCc1ccc(Cn2nccc2NC(=O)CN2C(=O)NC3(CCCCC3C)C2=O)cc1. The predicted octanol–water partition coefficient (Wildman–Crippen LogP) is 2.93. The average Bonchev–Trinajstić information content (AvgIpc) is 3.28. The van der Waals surface area contributed by atoms with Crippen molar-refractivity contribution in [1.82, 2.24) is 20.0 Å². The standard InChI is InChI=1S/C23H29N5O3/c1-3-17-7-9-18(10-8-17)14-28-19(11-13-24-28)25-20(29)15-27-21(30)23(26-22(27)31)12-5-4-6-16(23)2/h7-11,13,16H,3-6,12,14-15H2,1-2H3,(H,25,29)(H,26,31). The zero-order chi connectivity index (χ0) is 22.0. The third-order valence-corrected chi connectivity index (χ3v) is 6.55. The van der Waals surface area contributed by atoms with E-state index in [1.165, 1.54) is 5.56 Å². The second-order valence-corrected chi connectivity index (χ2v) is 8.53. The Hall–Kier alpha value is -3.16. The Kier molecular flexibility index (Phi) is 5.80. The summed E-state index contributed by atoms with van der Waals surface area (Å²) < 4.78 is 1.69. The molecule has 2 N–H and O–H groups in total. The fourth-order valence-electron chi connectivity index (χ4n) is 4.58. The average molecular weight is 424 g/mol. The second kappa shape index (κ2) is 8.53. The summed E-state index contributed by atoms with van der Waals surface area (Å²) in [6.45, 7) is 4.30. The molecule has 1 aliphatic carbocycles. The normalized spacial score (nSPS) is 23.3. The summed E-state index contributed by atoms with van der Waals surface area (Å²) in [5.74, 6) is -0.125. The van der Waals surface area contributed by atoms with Crippen LogP contribution in [0.3, 0.4) is 0 Å². The van der Waals surface area contributed by atoms with Crippen molar-refractivity contribution in [2.75, 3.05) is 11.9 Å². The number of carbonyl (C=O) groups excluding carboxylic acids is 3.